The first kappa shape index (κ1) is 33.6. The SMILES string of the molecule is CC(=O)N1CCc2cccc(NS(=O)(=O)c3ccc(Br)cc3)c21.CC(=O)N1CCc2cccc(NS(=O)(=O)c3ccc(Br)cc3)c21. The van der Waals surface area contributed by atoms with Gasteiger partial charge in [0.05, 0.1) is 32.5 Å². The van der Waals surface area contributed by atoms with E-state index in [9.17, 15) is 26.4 Å². The van der Waals surface area contributed by atoms with E-state index in [1.165, 1.54) is 38.1 Å². The Kier molecular flexibility index (Phi) is 9.92. The molecule has 0 unspecified atom stereocenters. The van der Waals surface area contributed by atoms with Crippen LogP contribution in [0.2, 0.25) is 0 Å². The zero-order valence-electron chi connectivity index (χ0n) is 24.8. The Balaban J connectivity index is 0.000000181. The van der Waals surface area contributed by atoms with Crippen molar-refractivity contribution in [1.29, 1.82) is 0 Å². The molecule has 0 bridgehead atoms. The smallest absolute Gasteiger partial charge is 0.261 e. The van der Waals surface area contributed by atoms with Crippen LogP contribution in [0.1, 0.15) is 25.0 Å². The van der Waals surface area contributed by atoms with Crippen molar-refractivity contribution < 1.29 is 26.4 Å². The molecular weight excluding hydrogens is 760 g/mol. The molecule has 2 amide bonds. The highest BCUT2D eigenvalue weighted by Gasteiger charge is 2.28. The number of fused-ring (bicyclic) bond motifs is 2. The van der Waals surface area contributed by atoms with Crippen LogP contribution in [-0.2, 0) is 42.5 Å². The van der Waals surface area contributed by atoms with Gasteiger partial charge in [0, 0.05) is 35.9 Å². The second-order valence-corrected chi connectivity index (χ2v) is 15.8. The van der Waals surface area contributed by atoms with Crippen LogP contribution in [0.3, 0.4) is 0 Å². The quantitative estimate of drug-likeness (QED) is 0.235. The third-order valence-corrected chi connectivity index (χ3v) is 11.3. The molecule has 14 heteroatoms. The lowest BCUT2D eigenvalue weighted by Crippen LogP contribution is -2.27. The van der Waals surface area contributed by atoms with E-state index in [1.807, 2.05) is 12.1 Å². The monoisotopic (exact) mass is 788 g/mol. The van der Waals surface area contributed by atoms with Gasteiger partial charge in [-0.2, -0.15) is 0 Å². The molecule has 2 N–H and O–H groups in total. The highest BCUT2D eigenvalue weighted by molar-refractivity contribution is 9.10. The topological polar surface area (TPSA) is 133 Å². The number of benzene rings is 4. The highest BCUT2D eigenvalue weighted by atomic mass is 79.9. The largest absolute Gasteiger partial charge is 0.310 e. The first-order valence-electron chi connectivity index (χ1n) is 14.1. The van der Waals surface area contributed by atoms with Crippen LogP contribution >= 0.6 is 31.9 Å². The van der Waals surface area contributed by atoms with E-state index in [0.717, 1.165) is 32.9 Å². The summed E-state index contributed by atoms with van der Waals surface area (Å²) in [7, 11) is -7.42. The van der Waals surface area contributed by atoms with Crippen molar-refractivity contribution >= 4 is 86.5 Å². The molecule has 0 radical (unpaired) electrons. The summed E-state index contributed by atoms with van der Waals surface area (Å²) in [4.78, 5) is 27.1. The van der Waals surface area contributed by atoms with Crippen molar-refractivity contribution in [3.05, 3.63) is 105 Å². The summed E-state index contributed by atoms with van der Waals surface area (Å²) >= 11 is 6.57. The molecule has 2 aliphatic heterocycles. The van der Waals surface area contributed by atoms with Gasteiger partial charge < -0.3 is 9.80 Å². The van der Waals surface area contributed by atoms with Gasteiger partial charge in [0.1, 0.15) is 0 Å². The number of halogens is 2. The van der Waals surface area contributed by atoms with Gasteiger partial charge in [0.25, 0.3) is 20.0 Å². The number of amides is 2. The maximum absolute atomic E-state index is 12.6. The zero-order valence-corrected chi connectivity index (χ0v) is 29.6. The number of hydrogen-bond donors (Lipinski definition) is 2. The summed E-state index contributed by atoms with van der Waals surface area (Å²) in [5.74, 6) is -0.196. The number of nitrogens with zero attached hydrogens (tertiary/aromatic N) is 2. The lowest BCUT2D eigenvalue weighted by atomic mass is 10.1. The van der Waals surface area contributed by atoms with Crippen LogP contribution in [0.4, 0.5) is 22.7 Å². The number of nitrogens with one attached hydrogen (secondary N) is 2. The van der Waals surface area contributed by atoms with E-state index in [-0.39, 0.29) is 21.6 Å². The van der Waals surface area contributed by atoms with Crippen molar-refractivity contribution in [2.75, 3.05) is 32.3 Å². The van der Waals surface area contributed by atoms with Gasteiger partial charge >= 0.3 is 0 Å². The van der Waals surface area contributed by atoms with E-state index in [4.69, 9.17) is 0 Å². The molecular formula is C32H30Br2N4O6S2. The average molecular weight is 791 g/mol. The van der Waals surface area contributed by atoms with Crippen LogP contribution in [0.25, 0.3) is 0 Å². The molecule has 0 fully saturated rings. The maximum atomic E-state index is 12.6. The summed E-state index contributed by atoms with van der Waals surface area (Å²) in [6.07, 6.45) is 1.45. The maximum Gasteiger partial charge on any atom is 0.261 e. The predicted molar refractivity (Wildman–Crippen MR) is 186 cm³/mol. The fraction of sp³-hybridized carbons (Fsp3) is 0.188. The van der Waals surface area contributed by atoms with Crippen LogP contribution in [0.5, 0.6) is 0 Å². The molecule has 0 saturated carbocycles. The minimum atomic E-state index is -3.71. The van der Waals surface area contributed by atoms with Crippen molar-refractivity contribution in [2.45, 2.75) is 36.5 Å². The normalized spacial score (nSPS) is 13.7. The molecule has 0 spiro atoms. The van der Waals surface area contributed by atoms with E-state index in [0.29, 0.717) is 35.8 Å². The van der Waals surface area contributed by atoms with Crippen molar-refractivity contribution in [1.82, 2.24) is 0 Å². The predicted octanol–water partition coefficient (Wildman–Crippen LogP) is 6.32. The number of para-hydroxylation sites is 2. The fourth-order valence-electron chi connectivity index (χ4n) is 5.34. The summed E-state index contributed by atoms with van der Waals surface area (Å²) in [6.45, 7) is 4.10. The average Bonchev–Trinajstić information content (AvgIpc) is 3.64. The van der Waals surface area contributed by atoms with Gasteiger partial charge in [-0.15, -0.1) is 0 Å². The van der Waals surface area contributed by atoms with Gasteiger partial charge in [0.15, 0.2) is 0 Å². The molecule has 2 heterocycles. The van der Waals surface area contributed by atoms with Crippen LogP contribution in [-0.4, -0.2) is 41.7 Å². The van der Waals surface area contributed by atoms with Crippen molar-refractivity contribution in [2.24, 2.45) is 0 Å². The molecule has 4 aromatic rings. The lowest BCUT2D eigenvalue weighted by Gasteiger charge is -2.19. The van der Waals surface area contributed by atoms with Gasteiger partial charge in [-0.1, -0.05) is 56.1 Å². The zero-order chi connectivity index (χ0) is 33.2. The number of anilines is 4. The summed E-state index contributed by atoms with van der Waals surface area (Å²) in [6, 6.07) is 23.6. The van der Waals surface area contributed by atoms with E-state index in [1.54, 1.807) is 58.3 Å². The number of carbonyl (C=O) groups excluding carboxylic acids is 2. The van der Waals surface area contributed by atoms with Crippen LogP contribution in [0, 0.1) is 0 Å². The summed E-state index contributed by atoms with van der Waals surface area (Å²) in [5.41, 5.74) is 4.10. The molecule has 240 valence electrons. The lowest BCUT2D eigenvalue weighted by molar-refractivity contribution is -0.117. The fourth-order valence-corrected chi connectivity index (χ4v) is 8.00. The van der Waals surface area contributed by atoms with E-state index in [2.05, 4.69) is 41.3 Å². The van der Waals surface area contributed by atoms with Gasteiger partial charge in [0.2, 0.25) is 11.8 Å². The standard InChI is InChI=1S/2C16H15BrN2O3S/c2*1-11(20)19-10-9-12-3-2-4-15(16(12)19)18-23(21,22)14-7-5-13(17)6-8-14/h2*2-8,18H,9-10H2,1H3. The van der Waals surface area contributed by atoms with Gasteiger partial charge in [-0.3, -0.25) is 19.0 Å². The van der Waals surface area contributed by atoms with Gasteiger partial charge in [-0.25, -0.2) is 16.8 Å². The molecule has 2 aliphatic rings. The highest BCUT2D eigenvalue weighted by Crippen LogP contribution is 2.38. The number of rotatable bonds is 6. The Labute approximate surface area is 285 Å². The van der Waals surface area contributed by atoms with Crippen molar-refractivity contribution in [3.63, 3.8) is 0 Å². The first-order chi connectivity index (χ1) is 21.8. The minimum absolute atomic E-state index is 0.0981. The second-order valence-electron chi connectivity index (χ2n) is 10.6. The molecule has 46 heavy (non-hydrogen) atoms. The summed E-state index contributed by atoms with van der Waals surface area (Å²) < 4.78 is 57.1. The van der Waals surface area contributed by atoms with Crippen molar-refractivity contribution in [3.8, 4) is 0 Å². The molecule has 0 atom stereocenters. The summed E-state index contributed by atoms with van der Waals surface area (Å²) in [5, 5.41) is 0. The van der Waals surface area contributed by atoms with Gasteiger partial charge in [-0.05, 0) is 84.6 Å². The Morgan fingerprint density at radius 3 is 1.26 bits per heavy atom. The number of hydrogen-bond acceptors (Lipinski definition) is 6. The molecule has 6 rings (SSSR count). The van der Waals surface area contributed by atoms with Crippen LogP contribution < -0.4 is 19.2 Å². The molecule has 4 aromatic carbocycles. The number of sulfonamides is 2. The number of carbonyl (C=O) groups is 2. The molecule has 10 nitrogen and oxygen atoms in total. The molecule has 0 aliphatic carbocycles. The minimum Gasteiger partial charge on any atom is -0.310 e. The molecule has 0 saturated heterocycles. The Bertz CT molecular complexity index is 1870. The third-order valence-electron chi connectivity index (χ3n) is 7.49. The Morgan fingerprint density at radius 1 is 0.587 bits per heavy atom. The Hall–Kier alpha value is -3.72. The third kappa shape index (κ3) is 7.30. The van der Waals surface area contributed by atoms with E-state index >= 15 is 0 Å². The van der Waals surface area contributed by atoms with Crippen LogP contribution in [0.15, 0.2) is 104 Å². The first-order valence-corrected chi connectivity index (χ1v) is 18.7. The Morgan fingerprint density at radius 2 is 0.935 bits per heavy atom. The second kappa shape index (κ2) is 13.6. The molecule has 0 aromatic heterocycles. The van der Waals surface area contributed by atoms with E-state index < -0.39 is 20.0 Å².